The average Bonchev–Trinajstić information content (AvgIpc) is 2.42. The predicted molar refractivity (Wildman–Crippen MR) is 82.5 cm³/mol. The Morgan fingerprint density at radius 1 is 1.30 bits per heavy atom. The van der Waals surface area contributed by atoms with Crippen LogP contribution in [0.1, 0.15) is 41.8 Å². The average molecular weight is 270 g/mol. The molecule has 4 nitrogen and oxygen atoms in total. The molecule has 0 saturated heterocycles. The Bertz CT molecular complexity index is 580. The number of aromatic nitrogens is 2. The number of pyridine rings is 2. The van der Waals surface area contributed by atoms with Gasteiger partial charge in [-0.3, -0.25) is 9.97 Å². The highest BCUT2D eigenvalue weighted by atomic mass is 14.9. The first kappa shape index (κ1) is 14.5. The normalized spacial score (nSPS) is 12.3. The van der Waals surface area contributed by atoms with Gasteiger partial charge in [0.1, 0.15) is 0 Å². The molecule has 0 spiro atoms. The summed E-state index contributed by atoms with van der Waals surface area (Å²) in [7, 11) is 0. The number of nitrogens with two attached hydrogens (primary N) is 1. The van der Waals surface area contributed by atoms with E-state index in [1.165, 1.54) is 11.1 Å². The maximum absolute atomic E-state index is 6.10. The summed E-state index contributed by atoms with van der Waals surface area (Å²) < 4.78 is 0. The van der Waals surface area contributed by atoms with Crippen molar-refractivity contribution >= 4 is 5.69 Å². The summed E-state index contributed by atoms with van der Waals surface area (Å²) in [5.41, 5.74) is 11.2. The van der Waals surface area contributed by atoms with E-state index < -0.39 is 0 Å². The topological polar surface area (TPSA) is 63.8 Å². The molecule has 0 fully saturated rings. The Kier molecular flexibility index (Phi) is 4.69. The van der Waals surface area contributed by atoms with Crippen molar-refractivity contribution in [3.63, 3.8) is 0 Å². The summed E-state index contributed by atoms with van der Waals surface area (Å²) in [5, 5.41) is 3.52. The minimum absolute atomic E-state index is 0.00995. The molecule has 2 rings (SSSR count). The Morgan fingerprint density at radius 3 is 2.75 bits per heavy atom. The van der Waals surface area contributed by atoms with E-state index in [4.69, 9.17) is 5.73 Å². The van der Waals surface area contributed by atoms with Crippen LogP contribution in [0.5, 0.6) is 0 Å². The molecular weight excluding hydrogens is 248 g/mol. The molecule has 106 valence electrons. The molecule has 1 atom stereocenters. The van der Waals surface area contributed by atoms with Crippen LogP contribution in [0.2, 0.25) is 0 Å². The number of hydrogen-bond acceptors (Lipinski definition) is 4. The number of rotatable bonds is 5. The molecule has 0 amide bonds. The number of aryl methyl sites for hydroxylation is 2. The van der Waals surface area contributed by atoms with Crippen LogP contribution in [-0.4, -0.2) is 16.5 Å². The van der Waals surface area contributed by atoms with Crippen molar-refractivity contribution < 1.29 is 0 Å². The monoisotopic (exact) mass is 270 g/mol. The SMILES string of the molecule is CCCNC(c1cnccc1N)c1ncc(C)cc1C. The van der Waals surface area contributed by atoms with E-state index in [0.717, 1.165) is 29.9 Å². The van der Waals surface area contributed by atoms with Crippen LogP contribution in [0, 0.1) is 13.8 Å². The molecule has 0 radical (unpaired) electrons. The van der Waals surface area contributed by atoms with Crippen molar-refractivity contribution in [3.05, 3.63) is 53.1 Å². The fraction of sp³-hybridized carbons (Fsp3) is 0.375. The lowest BCUT2D eigenvalue weighted by molar-refractivity contribution is 0.583. The van der Waals surface area contributed by atoms with Crippen molar-refractivity contribution in [1.29, 1.82) is 0 Å². The minimum Gasteiger partial charge on any atom is -0.398 e. The van der Waals surface area contributed by atoms with E-state index in [1.807, 2.05) is 18.5 Å². The summed E-state index contributed by atoms with van der Waals surface area (Å²) >= 11 is 0. The van der Waals surface area contributed by atoms with Gasteiger partial charge in [-0.1, -0.05) is 13.0 Å². The maximum atomic E-state index is 6.10. The van der Waals surface area contributed by atoms with Gasteiger partial charge in [0.2, 0.25) is 0 Å². The fourth-order valence-electron chi connectivity index (χ4n) is 2.33. The van der Waals surface area contributed by atoms with Crippen LogP contribution in [-0.2, 0) is 0 Å². The van der Waals surface area contributed by atoms with Gasteiger partial charge >= 0.3 is 0 Å². The van der Waals surface area contributed by atoms with E-state index in [9.17, 15) is 0 Å². The molecule has 2 aromatic heterocycles. The number of nitrogens with one attached hydrogen (secondary N) is 1. The Hall–Kier alpha value is -1.94. The van der Waals surface area contributed by atoms with Crippen LogP contribution < -0.4 is 11.1 Å². The van der Waals surface area contributed by atoms with E-state index in [0.29, 0.717) is 0 Å². The summed E-state index contributed by atoms with van der Waals surface area (Å²) in [4.78, 5) is 8.80. The van der Waals surface area contributed by atoms with Gasteiger partial charge in [-0.2, -0.15) is 0 Å². The van der Waals surface area contributed by atoms with E-state index in [-0.39, 0.29) is 6.04 Å². The third-order valence-corrected chi connectivity index (χ3v) is 3.33. The zero-order valence-corrected chi connectivity index (χ0v) is 12.4. The summed E-state index contributed by atoms with van der Waals surface area (Å²) in [6, 6.07) is 3.97. The highest BCUT2D eigenvalue weighted by Gasteiger charge is 2.19. The summed E-state index contributed by atoms with van der Waals surface area (Å²) in [6.45, 7) is 7.19. The van der Waals surface area contributed by atoms with Crippen LogP contribution in [0.15, 0.2) is 30.7 Å². The van der Waals surface area contributed by atoms with Crippen LogP contribution in [0.4, 0.5) is 5.69 Å². The second kappa shape index (κ2) is 6.48. The van der Waals surface area contributed by atoms with Crippen LogP contribution >= 0.6 is 0 Å². The number of nitrogens with zero attached hydrogens (tertiary/aromatic N) is 2. The summed E-state index contributed by atoms with van der Waals surface area (Å²) in [5.74, 6) is 0. The largest absolute Gasteiger partial charge is 0.398 e. The van der Waals surface area contributed by atoms with Crippen molar-refractivity contribution in [2.45, 2.75) is 33.2 Å². The van der Waals surface area contributed by atoms with Gasteiger partial charge in [0.15, 0.2) is 0 Å². The van der Waals surface area contributed by atoms with Crippen molar-refractivity contribution in [2.24, 2.45) is 0 Å². The lowest BCUT2D eigenvalue weighted by atomic mass is 9.99. The van der Waals surface area contributed by atoms with Gasteiger partial charge in [-0.25, -0.2) is 0 Å². The molecule has 2 aromatic rings. The summed E-state index contributed by atoms with van der Waals surface area (Å²) in [6.07, 6.45) is 6.49. The molecule has 1 unspecified atom stereocenters. The van der Waals surface area contributed by atoms with Crippen molar-refractivity contribution in [1.82, 2.24) is 15.3 Å². The molecular formula is C16H22N4. The molecule has 0 aliphatic heterocycles. The van der Waals surface area contributed by atoms with Gasteiger partial charge < -0.3 is 11.1 Å². The highest BCUT2D eigenvalue weighted by Crippen LogP contribution is 2.27. The number of hydrogen-bond donors (Lipinski definition) is 2. The number of anilines is 1. The first-order chi connectivity index (χ1) is 9.63. The van der Waals surface area contributed by atoms with E-state index in [1.54, 1.807) is 6.20 Å². The van der Waals surface area contributed by atoms with Gasteiger partial charge in [0.05, 0.1) is 11.7 Å². The molecule has 4 heteroatoms. The van der Waals surface area contributed by atoms with Crippen LogP contribution in [0.3, 0.4) is 0 Å². The van der Waals surface area contributed by atoms with Crippen molar-refractivity contribution in [2.75, 3.05) is 12.3 Å². The van der Waals surface area contributed by atoms with E-state index >= 15 is 0 Å². The van der Waals surface area contributed by atoms with Crippen molar-refractivity contribution in [3.8, 4) is 0 Å². The Labute approximate surface area is 120 Å². The lowest BCUT2D eigenvalue weighted by Crippen LogP contribution is -2.26. The molecule has 3 N–H and O–H groups in total. The Morgan fingerprint density at radius 2 is 2.10 bits per heavy atom. The smallest absolute Gasteiger partial charge is 0.0789 e. The maximum Gasteiger partial charge on any atom is 0.0789 e. The molecule has 0 saturated carbocycles. The van der Waals surface area contributed by atoms with Gasteiger partial charge in [-0.15, -0.1) is 0 Å². The molecule has 0 aliphatic rings. The second-order valence-electron chi connectivity index (χ2n) is 5.11. The Balaban J connectivity index is 2.44. The third-order valence-electron chi connectivity index (χ3n) is 3.33. The highest BCUT2D eigenvalue weighted by molar-refractivity contribution is 5.49. The first-order valence-electron chi connectivity index (χ1n) is 6.99. The minimum atomic E-state index is -0.00995. The third kappa shape index (κ3) is 3.14. The van der Waals surface area contributed by atoms with Gasteiger partial charge in [0, 0.05) is 29.8 Å². The van der Waals surface area contributed by atoms with Gasteiger partial charge in [-0.05, 0) is 44.0 Å². The lowest BCUT2D eigenvalue weighted by Gasteiger charge is -2.21. The predicted octanol–water partition coefficient (Wildman–Crippen LogP) is 2.76. The zero-order valence-electron chi connectivity index (χ0n) is 12.4. The molecule has 0 aliphatic carbocycles. The standard InChI is InChI=1S/C16H22N4/c1-4-6-19-16(13-10-18-7-5-14(13)17)15-12(3)8-11(2)9-20-15/h5,7-10,16,19H,4,6H2,1-3H3,(H2,17,18). The molecule has 20 heavy (non-hydrogen) atoms. The molecule has 0 aromatic carbocycles. The molecule has 2 heterocycles. The van der Waals surface area contributed by atoms with Crippen LogP contribution in [0.25, 0.3) is 0 Å². The first-order valence-corrected chi connectivity index (χ1v) is 6.99. The molecule has 0 bridgehead atoms. The zero-order chi connectivity index (χ0) is 14.5. The van der Waals surface area contributed by atoms with E-state index in [2.05, 4.69) is 42.1 Å². The second-order valence-corrected chi connectivity index (χ2v) is 5.11. The van der Waals surface area contributed by atoms with Gasteiger partial charge in [0.25, 0.3) is 0 Å². The fourth-order valence-corrected chi connectivity index (χ4v) is 2.33. The quantitative estimate of drug-likeness (QED) is 0.877. The number of nitrogen functional groups attached to an aromatic ring is 1.